The smallest absolute Gasteiger partial charge is 0.0543 e. The highest BCUT2D eigenvalue weighted by Crippen LogP contribution is 2.04. The van der Waals surface area contributed by atoms with Crippen LogP contribution < -0.4 is 0 Å². The van der Waals surface area contributed by atoms with Crippen LogP contribution in [0.3, 0.4) is 0 Å². The minimum Gasteiger partial charge on any atom is -0.300 e. The highest BCUT2D eigenvalue weighted by molar-refractivity contribution is 6.18. The summed E-state index contributed by atoms with van der Waals surface area (Å²) >= 11 is 5.76. The third kappa shape index (κ3) is 4.07. The van der Waals surface area contributed by atoms with E-state index >= 15 is 0 Å². The average Bonchev–Trinajstić information content (AvgIpc) is 2.19. The summed E-state index contributed by atoms with van der Waals surface area (Å²) in [6.07, 6.45) is 1.83. The first-order valence-corrected chi connectivity index (χ1v) is 5.40. The van der Waals surface area contributed by atoms with Gasteiger partial charge in [-0.3, -0.25) is 4.98 Å². The molecule has 0 aliphatic carbocycles. The Morgan fingerprint density at radius 3 is 2.86 bits per heavy atom. The summed E-state index contributed by atoms with van der Waals surface area (Å²) in [7, 11) is 2.09. The van der Waals surface area contributed by atoms with E-state index in [1.165, 1.54) is 0 Å². The van der Waals surface area contributed by atoms with Crippen molar-refractivity contribution in [2.75, 3.05) is 19.5 Å². The van der Waals surface area contributed by atoms with E-state index in [-0.39, 0.29) is 0 Å². The molecular weight excluding hydrogens is 196 g/mol. The Morgan fingerprint density at radius 1 is 1.50 bits per heavy atom. The summed E-state index contributed by atoms with van der Waals surface area (Å²) in [5, 5.41) is 0. The molecule has 78 valence electrons. The van der Waals surface area contributed by atoms with Gasteiger partial charge in [-0.05, 0) is 25.1 Å². The standard InChI is InChI=1S/C11H17ClN2/c1-10(7-12)8-14(2)9-11-5-3-4-6-13-11/h3-6,10H,7-9H2,1-2H3. The normalized spacial score (nSPS) is 13.1. The summed E-state index contributed by atoms with van der Waals surface area (Å²) in [5.74, 6) is 1.25. The fraction of sp³-hybridized carbons (Fsp3) is 0.545. The van der Waals surface area contributed by atoms with Gasteiger partial charge in [0.15, 0.2) is 0 Å². The van der Waals surface area contributed by atoms with Crippen molar-refractivity contribution in [3.05, 3.63) is 30.1 Å². The lowest BCUT2D eigenvalue weighted by atomic mass is 10.2. The van der Waals surface area contributed by atoms with Crippen LogP contribution in [0.2, 0.25) is 0 Å². The summed E-state index contributed by atoms with van der Waals surface area (Å²) in [6.45, 7) is 4.06. The summed E-state index contributed by atoms with van der Waals surface area (Å²) in [4.78, 5) is 6.52. The second-order valence-electron chi connectivity index (χ2n) is 3.78. The second kappa shape index (κ2) is 5.99. The van der Waals surface area contributed by atoms with Crippen LogP contribution in [-0.2, 0) is 6.54 Å². The molecule has 1 unspecified atom stereocenters. The fourth-order valence-electron chi connectivity index (χ4n) is 1.41. The molecule has 2 nitrogen and oxygen atoms in total. The van der Waals surface area contributed by atoms with Gasteiger partial charge in [0, 0.05) is 25.2 Å². The quantitative estimate of drug-likeness (QED) is 0.697. The molecule has 0 fully saturated rings. The van der Waals surface area contributed by atoms with Gasteiger partial charge >= 0.3 is 0 Å². The summed E-state index contributed by atoms with van der Waals surface area (Å²) in [6, 6.07) is 5.99. The molecule has 1 atom stereocenters. The lowest BCUT2D eigenvalue weighted by molar-refractivity contribution is 0.287. The van der Waals surface area contributed by atoms with E-state index in [4.69, 9.17) is 11.6 Å². The molecular formula is C11H17ClN2. The Kier molecular flexibility index (Phi) is 4.91. The fourth-order valence-corrected chi connectivity index (χ4v) is 1.51. The molecule has 0 saturated carbocycles. The van der Waals surface area contributed by atoms with Gasteiger partial charge in [0.2, 0.25) is 0 Å². The predicted octanol–water partition coefficient (Wildman–Crippen LogP) is 2.39. The van der Waals surface area contributed by atoms with E-state index in [1.807, 2.05) is 24.4 Å². The Morgan fingerprint density at radius 2 is 2.29 bits per heavy atom. The van der Waals surface area contributed by atoms with Gasteiger partial charge in [-0.1, -0.05) is 13.0 Å². The highest BCUT2D eigenvalue weighted by Gasteiger charge is 2.05. The maximum absolute atomic E-state index is 5.76. The van der Waals surface area contributed by atoms with Crippen molar-refractivity contribution in [1.29, 1.82) is 0 Å². The van der Waals surface area contributed by atoms with E-state index in [9.17, 15) is 0 Å². The van der Waals surface area contributed by atoms with Crippen molar-refractivity contribution in [3.63, 3.8) is 0 Å². The van der Waals surface area contributed by atoms with Crippen LogP contribution in [0.5, 0.6) is 0 Å². The van der Waals surface area contributed by atoms with Crippen molar-refractivity contribution in [3.8, 4) is 0 Å². The Labute approximate surface area is 90.9 Å². The zero-order valence-electron chi connectivity index (χ0n) is 8.78. The SMILES string of the molecule is CC(CCl)CN(C)Cc1ccccn1. The van der Waals surface area contributed by atoms with Gasteiger partial charge in [-0.15, -0.1) is 11.6 Å². The number of pyridine rings is 1. The Bertz CT molecular complexity index is 251. The van der Waals surface area contributed by atoms with Gasteiger partial charge < -0.3 is 4.90 Å². The minimum atomic E-state index is 0.533. The molecule has 0 spiro atoms. The van der Waals surface area contributed by atoms with Crippen molar-refractivity contribution >= 4 is 11.6 Å². The van der Waals surface area contributed by atoms with E-state index < -0.39 is 0 Å². The average molecular weight is 213 g/mol. The first-order valence-electron chi connectivity index (χ1n) is 4.86. The number of rotatable bonds is 5. The largest absolute Gasteiger partial charge is 0.300 e. The van der Waals surface area contributed by atoms with Crippen molar-refractivity contribution in [1.82, 2.24) is 9.88 Å². The maximum Gasteiger partial charge on any atom is 0.0543 e. The predicted molar refractivity (Wildman–Crippen MR) is 60.5 cm³/mol. The maximum atomic E-state index is 5.76. The number of aromatic nitrogens is 1. The number of halogens is 1. The van der Waals surface area contributed by atoms with Crippen LogP contribution in [0, 0.1) is 5.92 Å². The molecule has 1 aromatic heterocycles. The van der Waals surface area contributed by atoms with Crippen LogP contribution in [0.25, 0.3) is 0 Å². The number of hydrogen-bond donors (Lipinski definition) is 0. The number of hydrogen-bond acceptors (Lipinski definition) is 2. The molecule has 0 bridgehead atoms. The lowest BCUT2D eigenvalue weighted by Gasteiger charge is -2.19. The molecule has 1 aromatic rings. The lowest BCUT2D eigenvalue weighted by Crippen LogP contribution is -2.25. The van der Waals surface area contributed by atoms with Crippen molar-refractivity contribution < 1.29 is 0 Å². The monoisotopic (exact) mass is 212 g/mol. The van der Waals surface area contributed by atoms with Crippen LogP contribution in [0.1, 0.15) is 12.6 Å². The highest BCUT2D eigenvalue weighted by atomic mass is 35.5. The van der Waals surface area contributed by atoms with Gasteiger partial charge in [0.05, 0.1) is 5.69 Å². The molecule has 0 saturated heterocycles. The zero-order chi connectivity index (χ0) is 10.4. The number of nitrogens with zero attached hydrogens (tertiary/aromatic N) is 2. The van der Waals surface area contributed by atoms with Gasteiger partial charge in [0.1, 0.15) is 0 Å². The number of alkyl halides is 1. The van der Waals surface area contributed by atoms with E-state index in [0.29, 0.717) is 11.8 Å². The van der Waals surface area contributed by atoms with Crippen molar-refractivity contribution in [2.24, 2.45) is 5.92 Å². The van der Waals surface area contributed by atoms with E-state index in [1.54, 1.807) is 0 Å². The van der Waals surface area contributed by atoms with Crippen molar-refractivity contribution in [2.45, 2.75) is 13.5 Å². The van der Waals surface area contributed by atoms with Gasteiger partial charge in [-0.25, -0.2) is 0 Å². The first kappa shape index (κ1) is 11.5. The molecule has 0 amide bonds. The molecule has 0 radical (unpaired) electrons. The molecule has 0 aliphatic heterocycles. The van der Waals surface area contributed by atoms with Gasteiger partial charge in [0.25, 0.3) is 0 Å². The van der Waals surface area contributed by atoms with Crippen LogP contribution >= 0.6 is 11.6 Å². The third-order valence-electron chi connectivity index (χ3n) is 2.04. The molecule has 3 heteroatoms. The molecule has 1 rings (SSSR count). The second-order valence-corrected chi connectivity index (χ2v) is 4.09. The van der Waals surface area contributed by atoms with E-state index in [2.05, 4.69) is 23.9 Å². The Hall–Kier alpha value is -0.600. The third-order valence-corrected chi connectivity index (χ3v) is 2.57. The molecule has 14 heavy (non-hydrogen) atoms. The molecule has 0 N–H and O–H groups in total. The van der Waals surface area contributed by atoms with E-state index in [0.717, 1.165) is 18.8 Å². The minimum absolute atomic E-state index is 0.533. The molecule has 0 aromatic carbocycles. The van der Waals surface area contributed by atoms with Gasteiger partial charge in [-0.2, -0.15) is 0 Å². The molecule has 0 aliphatic rings. The topological polar surface area (TPSA) is 16.1 Å². The van der Waals surface area contributed by atoms with Crippen LogP contribution in [-0.4, -0.2) is 29.4 Å². The summed E-state index contributed by atoms with van der Waals surface area (Å²) in [5.41, 5.74) is 1.11. The zero-order valence-corrected chi connectivity index (χ0v) is 9.54. The van der Waals surface area contributed by atoms with Crippen LogP contribution in [0.15, 0.2) is 24.4 Å². The first-order chi connectivity index (χ1) is 6.72. The Balaban J connectivity index is 2.37. The van der Waals surface area contributed by atoms with Crippen LogP contribution in [0.4, 0.5) is 0 Å². The molecule has 1 heterocycles. The summed E-state index contributed by atoms with van der Waals surface area (Å²) < 4.78 is 0.